The first-order valence-corrected chi connectivity index (χ1v) is 4.89. The lowest BCUT2D eigenvalue weighted by Gasteiger charge is -2.08. The summed E-state index contributed by atoms with van der Waals surface area (Å²) < 4.78 is 4.90. The van der Waals surface area contributed by atoms with Crippen LogP contribution in [0.25, 0.3) is 0 Å². The maximum absolute atomic E-state index is 11.7. The minimum Gasteiger partial charge on any atom is -0.504 e. The van der Waals surface area contributed by atoms with Crippen LogP contribution in [0.3, 0.4) is 0 Å². The molecule has 0 fully saturated rings. The molecule has 0 radical (unpaired) electrons. The predicted molar refractivity (Wildman–Crippen MR) is 58.4 cm³/mol. The molecule has 0 saturated carbocycles. The number of hydrogen-bond donors (Lipinski definition) is 1. The van der Waals surface area contributed by atoms with Crippen LogP contribution in [0, 0.1) is 17.2 Å². The van der Waals surface area contributed by atoms with E-state index in [0.717, 1.165) is 0 Å². The Morgan fingerprint density at radius 1 is 1.62 bits per heavy atom. The summed E-state index contributed by atoms with van der Waals surface area (Å²) in [7, 11) is 1.42. The van der Waals surface area contributed by atoms with Gasteiger partial charge in [-0.2, -0.15) is 5.26 Å². The third kappa shape index (κ3) is 2.51. The average molecular weight is 219 g/mol. The van der Waals surface area contributed by atoms with Crippen LogP contribution in [0.15, 0.2) is 18.2 Å². The lowest BCUT2D eigenvalue weighted by atomic mass is 10.00. The summed E-state index contributed by atoms with van der Waals surface area (Å²) in [6.45, 7) is 1.66. The molecule has 0 aliphatic heterocycles. The van der Waals surface area contributed by atoms with E-state index in [1.54, 1.807) is 19.1 Å². The summed E-state index contributed by atoms with van der Waals surface area (Å²) in [5.74, 6) is -0.529. The van der Waals surface area contributed by atoms with Gasteiger partial charge in [-0.3, -0.25) is 4.79 Å². The number of benzene rings is 1. The van der Waals surface area contributed by atoms with Crippen molar-refractivity contribution in [2.45, 2.75) is 13.3 Å². The molecule has 0 aliphatic carbocycles. The van der Waals surface area contributed by atoms with Gasteiger partial charge in [-0.15, -0.1) is 0 Å². The Hall–Kier alpha value is -2.02. The molecule has 16 heavy (non-hydrogen) atoms. The van der Waals surface area contributed by atoms with Crippen LogP contribution in [-0.2, 0) is 0 Å². The molecule has 1 N–H and O–H groups in total. The van der Waals surface area contributed by atoms with Gasteiger partial charge in [0.1, 0.15) is 0 Å². The third-order valence-electron chi connectivity index (χ3n) is 2.23. The van der Waals surface area contributed by atoms with Crippen molar-refractivity contribution in [3.8, 4) is 17.6 Å². The van der Waals surface area contributed by atoms with E-state index in [-0.39, 0.29) is 35.2 Å². The quantitative estimate of drug-likeness (QED) is 0.787. The van der Waals surface area contributed by atoms with Crippen LogP contribution in [0.2, 0.25) is 0 Å². The first-order chi connectivity index (χ1) is 7.60. The minimum atomic E-state index is -0.363. The second kappa shape index (κ2) is 5.17. The molecule has 0 amide bonds. The highest BCUT2D eigenvalue weighted by Gasteiger charge is 2.16. The van der Waals surface area contributed by atoms with Crippen LogP contribution in [0.5, 0.6) is 11.5 Å². The normalized spacial score (nSPS) is 11.6. The largest absolute Gasteiger partial charge is 0.504 e. The highest BCUT2D eigenvalue weighted by Crippen LogP contribution is 2.30. The number of ketones is 1. The van der Waals surface area contributed by atoms with Crippen LogP contribution in [-0.4, -0.2) is 18.0 Å². The molecule has 1 unspecified atom stereocenters. The highest BCUT2D eigenvalue weighted by molar-refractivity contribution is 5.99. The van der Waals surface area contributed by atoms with Crippen LogP contribution in [0.4, 0.5) is 0 Å². The molecule has 4 heteroatoms. The van der Waals surface area contributed by atoms with Crippen molar-refractivity contribution in [3.63, 3.8) is 0 Å². The van der Waals surface area contributed by atoms with Gasteiger partial charge >= 0.3 is 0 Å². The first-order valence-electron chi connectivity index (χ1n) is 4.89. The number of hydrogen-bond acceptors (Lipinski definition) is 4. The lowest BCUT2D eigenvalue weighted by Crippen LogP contribution is -2.05. The van der Waals surface area contributed by atoms with Crippen molar-refractivity contribution < 1.29 is 14.6 Å². The van der Waals surface area contributed by atoms with Gasteiger partial charge in [0.15, 0.2) is 17.3 Å². The first kappa shape index (κ1) is 12.1. The number of ether oxygens (including phenoxy) is 1. The number of rotatable bonds is 4. The van der Waals surface area contributed by atoms with Crippen molar-refractivity contribution in [2.24, 2.45) is 5.92 Å². The van der Waals surface area contributed by atoms with Crippen LogP contribution >= 0.6 is 0 Å². The Morgan fingerprint density at radius 2 is 2.31 bits per heavy atom. The van der Waals surface area contributed by atoms with E-state index in [1.165, 1.54) is 13.2 Å². The lowest BCUT2D eigenvalue weighted by molar-refractivity contribution is 0.0969. The zero-order valence-electron chi connectivity index (χ0n) is 9.23. The fourth-order valence-corrected chi connectivity index (χ4v) is 1.35. The Morgan fingerprint density at radius 3 is 2.88 bits per heavy atom. The van der Waals surface area contributed by atoms with E-state index in [4.69, 9.17) is 10.00 Å². The van der Waals surface area contributed by atoms with Gasteiger partial charge in [0.25, 0.3) is 0 Å². The Balaban J connectivity index is 2.97. The van der Waals surface area contributed by atoms with Gasteiger partial charge < -0.3 is 9.84 Å². The molecule has 1 aromatic carbocycles. The summed E-state index contributed by atoms with van der Waals surface area (Å²) in [6.07, 6.45) is 0.0945. The smallest absolute Gasteiger partial charge is 0.168 e. The number of carbonyl (C=O) groups is 1. The number of Topliss-reactive ketones (excluding diaryl/α,β-unsaturated/α-hetero) is 1. The number of nitrogens with zero attached hydrogens (tertiary/aromatic N) is 1. The van der Waals surface area contributed by atoms with Crippen molar-refractivity contribution >= 4 is 5.78 Å². The van der Waals surface area contributed by atoms with E-state index >= 15 is 0 Å². The van der Waals surface area contributed by atoms with Gasteiger partial charge in [-0.05, 0) is 19.1 Å². The third-order valence-corrected chi connectivity index (χ3v) is 2.23. The van der Waals surface area contributed by atoms with Crippen molar-refractivity contribution in [1.29, 1.82) is 5.26 Å². The van der Waals surface area contributed by atoms with E-state index in [0.29, 0.717) is 0 Å². The Kier molecular flexibility index (Phi) is 3.90. The van der Waals surface area contributed by atoms with Crippen LogP contribution < -0.4 is 4.74 Å². The van der Waals surface area contributed by atoms with Crippen molar-refractivity contribution in [1.82, 2.24) is 0 Å². The standard InChI is InChI=1S/C12H13NO3/c1-8(7-13)6-10(14)9-4-3-5-11(16-2)12(9)15/h3-5,8,15H,6H2,1-2H3. The fourth-order valence-electron chi connectivity index (χ4n) is 1.35. The molecule has 84 valence electrons. The average Bonchev–Trinajstić information content (AvgIpc) is 2.29. The summed E-state index contributed by atoms with van der Waals surface area (Å²) >= 11 is 0. The molecule has 0 heterocycles. The summed E-state index contributed by atoms with van der Waals surface area (Å²) in [4.78, 5) is 11.7. The second-order valence-corrected chi connectivity index (χ2v) is 3.51. The molecule has 0 aliphatic rings. The number of phenols is 1. The SMILES string of the molecule is COc1cccc(C(=O)CC(C)C#N)c1O. The van der Waals surface area contributed by atoms with Gasteiger partial charge in [0.05, 0.1) is 24.7 Å². The monoisotopic (exact) mass is 219 g/mol. The zero-order chi connectivity index (χ0) is 12.1. The fraction of sp³-hybridized carbons (Fsp3) is 0.333. The Bertz CT molecular complexity index is 434. The van der Waals surface area contributed by atoms with Gasteiger partial charge in [0.2, 0.25) is 0 Å². The predicted octanol–water partition coefficient (Wildman–Crippen LogP) is 2.13. The molecule has 0 saturated heterocycles. The summed E-state index contributed by atoms with van der Waals surface area (Å²) in [5.41, 5.74) is 0.196. The van der Waals surface area contributed by atoms with E-state index in [2.05, 4.69) is 0 Å². The Labute approximate surface area is 94.1 Å². The molecule has 4 nitrogen and oxygen atoms in total. The molecule has 1 aromatic rings. The maximum Gasteiger partial charge on any atom is 0.168 e. The van der Waals surface area contributed by atoms with Crippen molar-refractivity contribution in [3.05, 3.63) is 23.8 Å². The number of methoxy groups -OCH3 is 1. The van der Waals surface area contributed by atoms with Crippen molar-refractivity contribution in [2.75, 3.05) is 7.11 Å². The van der Waals surface area contributed by atoms with Gasteiger partial charge in [-0.1, -0.05) is 6.07 Å². The maximum atomic E-state index is 11.7. The molecular formula is C12H13NO3. The number of aromatic hydroxyl groups is 1. The molecule has 0 spiro atoms. The summed E-state index contributed by atoms with van der Waals surface area (Å²) in [6, 6.07) is 6.70. The topological polar surface area (TPSA) is 70.3 Å². The van der Waals surface area contributed by atoms with E-state index < -0.39 is 0 Å². The molecular weight excluding hydrogens is 206 g/mol. The molecule has 0 bridgehead atoms. The van der Waals surface area contributed by atoms with Crippen LogP contribution in [0.1, 0.15) is 23.7 Å². The molecule has 1 atom stereocenters. The van der Waals surface area contributed by atoms with Gasteiger partial charge in [0, 0.05) is 6.42 Å². The number of nitriles is 1. The highest BCUT2D eigenvalue weighted by atomic mass is 16.5. The van der Waals surface area contributed by atoms with Gasteiger partial charge in [-0.25, -0.2) is 0 Å². The van der Waals surface area contributed by atoms with E-state index in [1.807, 2.05) is 6.07 Å². The molecule has 0 aromatic heterocycles. The summed E-state index contributed by atoms with van der Waals surface area (Å²) in [5, 5.41) is 18.3. The number of phenolic OH excluding ortho intramolecular Hbond substituents is 1. The zero-order valence-corrected chi connectivity index (χ0v) is 9.23. The van der Waals surface area contributed by atoms with E-state index in [9.17, 15) is 9.90 Å². The minimum absolute atomic E-state index is 0.0945. The number of para-hydroxylation sites is 1. The second-order valence-electron chi connectivity index (χ2n) is 3.51. The molecule has 1 rings (SSSR count). The number of carbonyl (C=O) groups excluding carboxylic acids is 1.